The van der Waals surface area contributed by atoms with Gasteiger partial charge in [0.05, 0.1) is 6.20 Å². The number of rotatable bonds is 5. The lowest BCUT2D eigenvalue weighted by Gasteiger charge is -2.15. The van der Waals surface area contributed by atoms with Gasteiger partial charge in [-0.25, -0.2) is 4.68 Å². The van der Waals surface area contributed by atoms with E-state index >= 15 is 0 Å². The van der Waals surface area contributed by atoms with Gasteiger partial charge in [-0.05, 0) is 11.6 Å². The fraction of sp³-hybridized carbons (Fsp3) is 0.250. The van der Waals surface area contributed by atoms with Crippen LogP contribution in [0.4, 0.5) is 0 Å². The van der Waals surface area contributed by atoms with Crippen LogP contribution in [0.5, 0.6) is 0 Å². The Morgan fingerprint density at radius 1 is 1.45 bits per heavy atom. The maximum absolute atomic E-state index is 12.1. The molecule has 0 spiro atoms. The zero-order chi connectivity index (χ0) is 14.5. The van der Waals surface area contributed by atoms with Gasteiger partial charge in [0.2, 0.25) is 0 Å². The summed E-state index contributed by atoms with van der Waals surface area (Å²) in [6.45, 7) is 0.0606. The highest BCUT2D eigenvalue weighted by Crippen LogP contribution is 2.05. The molecule has 0 aliphatic heterocycles. The predicted molar refractivity (Wildman–Crippen MR) is 67.7 cm³/mol. The summed E-state index contributed by atoms with van der Waals surface area (Å²) < 4.78 is 1.10. The molecule has 0 aliphatic rings. The van der Waals surface area contributed by atoms with Crippen LogP contribution in [0.25, 0.3) is 0 Å². The summed E-state index contributed by atoms with van der Waals surface area (Å²) in [6, 6.07) is 3.65. The van der Waals surface area contributed by atoms with Crippen LogP contribution in [0.3, 0.4) is 0 Å². The molecule has 8 nitrogen and oxygen atoms in total. The van der Waals surface area contributed by atoms with Crippen LogP contribution in [-0.4, -0.2) is 48.9 Å². The fourth-order valence-corrected chi connectivity index (χ4v) is 1.65. The lowest BCUT2D eigenvalue weighted by Crippen LogP contribution is -2.26. The number of aromatic nitrogens is 4. The number of nitrogens with zero attached hydrogens (tertiary/aromatic N) is 5. The van der Waals surface area contributed by atoms with Crippen LogP contribution in [0.1, 0.15) is 16.1 Å². The molecule has 0 radical (unpaired) electrons. The highest BCUT2D eigenvalue weighted by atomic mass is 16.4. The Kier molecular flexibility index (Phi) is 4.04. The van der Waals surface area contributed by atoms with Gasteiger partial charge in [-0.2, -0.15) is 0 Å². The molecule has 2 rings (SSSR count). The molecule has 0 saturated carbocycles. The molecule has 1 amide bonds. The smallest absolute Gasteiger partial charge is 0.325 e. The Labute approximate surface area is 114 Å². The van der Waals surface area contributed by atoms with Crippen molar-refractivity contribution in [2.75, 3.05) is 7.05 Å². The maximum atomic E-state index is 12.1. The highest BCUT2D eigenvalue weighted by Gasteiger charge is 2.16. The van der Waals surface area contributed by atoms with Crippen LogP contribution in [-0.2, 0) is 17.9 Å². The van der Waals surface area contributed by atoms with Crippen molar-refractivity contribution >= 4 is 11.9 Å². The summed E-state index contributed by atoms with van der Waals surface area (Å²) in [7, 11) is 1.63. The van der Waals surface area contributed by atoms with E-state index < -0.39 is 5.97 Å². The first kappa shape index (κ1) is 13.7. The van der Waals surface area contributed by atoms with Crippen LogP contribution in [0.2, 0.25) is 0 Å². The number of carbonyl (C=O) groups is 2. The van der Waals surface area contributed by atoms with Crippen molar-refractivity contribution in [2.24, 2.45) is 0 Å². The second-order valence-corrected chi connectivity index (χ2v) is 4.22. The minimum atomic E-state index is -1.04. The Balaban J connectivity index is 2.03. The summed E-state index contributed by atoms with van der Waals surface area (Å²) in [4.78, 5) is 28.1. The number of carboxylic acids is 1. The summed E-state index contributed by atoms with van der Waals surface area (Å²) in [5, 5.41) is 15.9. The van der Waals surface area contributed by atoms with Crippen molar-refractivity contribution in [3.8, 4) is 0 Å². The van der Waals surface area contributed by atoms with Crippen molar-refractivity contribution in [1.29, 1.82) is 0 Å². The third-order valence-corrected chi connectivity index (χ3v) is 2.54. The molecule has 0 atom stereocenters. The molecule has 104 valence electrons. The van der Waals surface area contributed by atoms with Gasteiger partial charge in [0.15, 0.2) is 5.69 Å². The summed E-state index contributed by atoms with van der Waals surface area (Å²) >= 11 is 0. The summed E-state index contributed by atoms with van der Waals surface area (Å²) in [5.74, 6) is -1.37. The van der Waals surface area contributed by atoms with Crippen molar-refractivity contribution in [3.63, 3.8) is 0 Å². The molecule has 2 aromatic heterocycles. The van der Waals surface area contributed by atoms with Gasteiger partial charge in [0, 0.05) is 26.0 Å². The molecule has 0 aromatic carbocycles. The minimum Gasteiger partial charge on any atom is -0.480 e. The second-order valence-electron chi connectivity index (χ2n) is 4.22. The first-order valence-electron chi connectivity index (χ1n) is 5.82. The molecule has 0 fully saturated rings. The van der Waals surface area contributed by atoms with E-state index in [1.807, 2.05) is 6.07 Å². The zero-order valence-corrected chi connectivity index (χ0v) is 10.8. The SMILES string of the molecule is CN(Cc1cccnc1)C(=O)c1cn(CC(=O)O)nn1. The van der Waals surface area contributed by atoms with Gasteiger partial charge >= 0.3 is 5.97 Å². The Hall–Kier alpha value is -2.77. The van der Waals surface area contributed by atoms with E-state index in [1.54, 1.807) is 25.5 Å². The van der Waals surface area contributed by atoms with Crippen LogP contribution >= 0.6 is 0 Å². The molecule has 20 heavy (non-hydrogen) atoms. The van der Waals surface area contributed by atoms with Crippen molar-refractivity contribution in [1.82, 2.24) is 24.9 Å². The number of carboxylic acid groups (broad SMARTS) is 1. The topological polar surface area (TPSA) is 101 Å². The molecule has 8 heteroatoms. The first-order valence-corrected chi connectivity index (χ1v) is 5.82. The predicted octanol–water partition coefficient (Wildman–Crippen LogP) is 0.0299. The van der Waals surface area contributed by atoms with Gasteiger partial charge in [0.1, 0.15) is 6.54 Å². The van der Waals surface area contributed by atoms with Gasteiger partial charge in [-0.15, -0.1) is 5.10 Å². The van der Waals surface area contributed by atoms with Crippen molar-refractivity contribution in [2.45, 2.75) is 13.1 Å². The van der Waals surface area contributed by atoms with E-state index in [9.17, 15) is 9.59 Å². The van der Waals surface area contributed by atoms with Gasteiger partial charge in [0.25, 0.3) is 5.91 Å². The average molecular weight is 275 g/mol. The van der Waals surface area contributed by atoms with Crippen LogP contribution < -0.4 is 0 Å². The van der Waals surface area contributed by atoms with E-state index in [2.05, 4.69) is 15.3 Å². The highest BCUT2D eigenvalue weighted by molar-refractivity contribution is 5.91. The third-order valence-electron chi connectivity index (χ3n) is 2.54. The fourth-order valence-electron chi connectivity index (χ4n) is 1.65. The molecular weight excluding hydrogens is 262 g/mol. The Bertz CT molecular complexity index is 611. The maximum Gasteiger partial charge on any atom is 0.325 e. The molecule has 0 aliphatic carbocycles. The zero-order valence-electron chi connectivity index (χ0n) is 10.8. The molecule has 0 bridgehead atoms. The molecule has 0 unspecified atom stereocenters. The second kappa shape index (κ2) is 5.91. The van der Waals surface area contributed by atoms with Gasteiger partial charge in [-0.1, -0.05) is 11.3 Å². The lowest BCUT2D eigenvalue weighted by atomic mass is 10.2. The van der Waals surface area contributed by atoms with E-state index in [4.69, 9.17) is 5.11 Å². The van der Waals surface area contributed by atoms with Crippen molar-refractivity contribution in [3.05, 3.63) is 42.0 Å². The van der Waals surface area contributed by atoms with Crippen LogP contribution in [0, 0.1) is 0 Å². The lowest BCUT2D eigenvalue weighted by molar-refractivity contribution is -0.137. The molecular formula is C12H13N5O3. The van der Waals surface area contributed by atoms with Gasteiger partial charge in [-0.3, -0.25) is 14.6 Å². The standard InChI is InChI=1S/C12H13N5O3/c1-16(6-9-3-2-4-13-5-9)12(20)10-7-17(15-14-10)8-11(18)19/h2-5,7H,6,8H2,1H3,(H,18,19). The largest absolute Gasteiger partial charge is 0.480 e. The number of aliphatic carboxylic acids is 1. The quantitative estimate of drug-likeness (QED) is 0.826. The Morgan fingerprint density at radius 2 is 2.25 bits per heavy atom. The third kappa shape index (κ3) is 3.37. The molecule has 2 heterocycles. The van der Waals surface area contributed by atoms with Gasteiger partial charge < -0.3 is 10.0 Å². The number of pyridine rings is 1. The molecule has 2 aromatic rings. The van der Waals surface area contributed by atoms with E-state index in [0.29, 0.717) is 6.54 Å². The number of carbonyl (C=O) groups excluding carboxylic acids is 1. The number of hydrogen-bond acceptors (Lipinski definition) is 5. The van der Waals surface area contributed by atoms with E-state index in [0.717, 1.165) is 10.2 Å². The molecule has 0 saturated heterocycles. The normalized spacial score (nSPS) is 10.2. The molecule has 1 N–H and O–H groups in total. The first-order chi connectivity index (χ1) is 9.56. The number of amides is 1. The summed E-state index contributed by atoms with van der Waals surface area (Å²) in [6.07, 6.45) is 4.64. The number of hydrogen-bond donors (Lipinski definition) is 1. The summed E-state index contributed by atoms with van der Waals surface area (Å²) in [5.41, 5.74) is 0.999. The Morgan fingerprint density at radius 3 is 2.90 bits per heavy atom. The average Bonchev–Trinajstić information content (AvgIpc) is 2.86. The monoisotopic (exact) mass is 275 g/mol. The minimum absolute atomic E-state index is 0.109. The van der Waals surface area contributed by atoms with Crippen LogP contribution in [0.15, 0.2) is 30.7 Å². The van der Waals surface area contributed by atoms with E-state index in [1.165, 1.54) is 11.1 Å². The van der Waals surface area contributed by atoms with Crippen molar-refractivity contribution < 1.29 is 14.7 Å². The van der Waals surface area contributed by atoms with E-state index in [-0.39, 0.29) is 18.1 Å².